The van der Waals surface area contributed by atoms with E-state index in [1.165, 1.54) is 25.3 Å². The van der Waals surface area contributed by atoms with E-state index in [0.717, 1.165) is 19.3 Å². The zero-order valence-electron chi connectivity index (χ0n) is 16.8. The van der Waals surface area contributed by atoms with Crippen LogP contribution in [0, 0.1) is 10.1 Å². The van der Waals surface area contributed by atoms with Crippen molar-refractivity contribution < 1.29 is 28.7 Å². The molecule has 0 radical (unpaired) electrons. The van der Waals surface area contributed by atoms with Crippen LogP contribution in [0.15, 0.2) is 18.2 Å². The van der Waals surface area contributed by atoms with Crippen molar-refractivity contribution in [3.8, 4) is 11.5 Å². The molecule has 0 saturated heterocycles. The Labute approximate surface area is 164 Å². The summed E-state index contributed by atoms with van der Waals surface area (Å²) in [7, 11) is 1.30. The van der Waals surface area contributed by atoms with Gasteiger partial charge in [0, 0.05) is 24.7 Å². The van der Waals surface area contributed by atoms with E-state index < -0.39 is 17.5 Å². The van der Waals surface area contributed by atoms with Crippen LogP contribution >= 0.6 is 0 Å². The maximum Gasteiger partial charge on any atom is 0.344 e. The molecular formula is C19H28N2O7. The molecule has 0 atom stereocenters. The lowest BCUT2D eigenvalue weighted by Crippen LogP contribution is -2.40. The Hall–Kier alpha value is -2.84. The van der Waals surface area contributed by atoms with Crippen LogP contribution in [0.1, 0.15) is 40.0 Å². The Bertz CT molecular complexity index is 676. The Morgan fingerprint density at radius 2 is 1.93 bits per heavy atom. The van der Waals surface area contributed by atoms with Gasteiger partial charge in [0.1, 0.15) is 5.75 Å². The normalized spacial score (nSPS) is 10.5. The van der Waals surface area contributed by atoms with Crippen LogP contribution < -0.4 is 9.47 Å². The first-order chi connectivity index (χ1) is 13.3. The van der Waals surface area contributed by atoms with Gasteiger partial charge >= 0.3 is 11.7 Å². The minimum atomic E-state index is -0.706. The van der Waals surface area contributed by atoms with Gasteiger partial charge in [0.05, 0.1) is 12.0 Å². The van der Waals surface area contributed by atoms with Gasteiger partial charge in [-0.15, -0.1) is 0 Å². The van der Waals surface area contributed by atoms with E-state index in [-0.39, 0.29) is 35.7 Å². The molecule has 1 aromatic rings. The third kappa shape index (κ3) is 7.42. The monoisotopic (exact) mass is 396 g/mol. The summed E-state index contributed by atoms with van der Waals surface area (Å²) in [6.45, 7) is 5.76. The van der Waals surface area contributed by atoms with Crippen molar-refractivity contribution in [2.24, 2.45) is 0 Å². The van der Waals surface area contributed by atoms with Gasteiger partial charge in [-0.3, -0.25) is 14.9 Å². The lowest BCUT2D eigenvalue weighted by atomic mass is 10.2. The van der Waals surface area contributed by atoms with Gasteiger partial charge in [-0.05, 0) is 26.3 Å². The molecule has 0 heterocycles. The fourth-order valence-corrected chi connectivity index (χ4v) is 2.51. The summed E-state index contributed by atoms with van der Waals surface area (Å²) in [5.74, 6) is -0.723. The molecule has 0 unspecified atom stereocenters. The van der Waals surface area contributed by atoms with Gasteiger partial charge in [0.15, 0.2) is 13.2 Å². The van der Waals surface area contributed by atoms with Crippen LogP contribution in [-0.2, 0) is 14.3 Å². The molecule has 1 amide bonds. The Kier molecular flexibility index (Phi) is 9.76. The smallest absolute Gasteiger partial charge is 0.344 e. The molecule has 9 nitrogen and oxygen atoms in total. The maximum absolute atomic E-state index is 12.3. The van der Waals surface area contributed by atoms with Gasteiger partial charge in [-0.2, -0.15) is 0 Å². The summed E-state index contributed by atoms with van der Waals surface area (Å²) in [5, 5.41) is 10.9. The van der Waals surface area contributed by atoms with Crippen molar-refractivity contribution in [3.63, 3.8) is 0 Å². The third-order valence-corrected chi connectivity index (χ3v) is 4.01. The van der Waals surface area contributed by atoms with Crippen LogP contribution in [0.5, 0.6) is 11.5 Å². The predicted octanol–water partition coefficient (Wildman–Crippen LogP) is 2.95. The molecule has 0 aromatic heterocycles. The van der Waals surface area contributed by atoms with E-state index in [1.807, 2.05) is 13.8 Å². The molecule has 28 heavy (non-hydrogen) atoms. The number of unbranched alkanes of at least 4 members (excludes halogenated alkanes) is 2. The minimum Gasteiger partial charge on any atom is -0.490 e. The van der Waals surface area contributed by atoms with E-state index in [4.69, 9.17) is 14.2 Å². The van der Waals surface area contributed by atoms with Crippen molar-refractivity contribution in [3.05, 3.63) is 28.3 Å². The van der Waals surface area contributed by atoms with Gasteiger partial charge < -0.3 is 19.1 Å². The molecular weight excluding hydrogens is 368 g/mol. The van der Waals surface area contributed by atoms with E-state index >= 15 is 0 Å². The fourth-order valence-electron chi connectivity index (χ4n) is 2.51. The number of methoxy groups -OCH3 is 1. The van der Waals surface area contributed by atoms with Crippen molar-refractivity contribution in [2.75, 3.05) is 26.9 Å². The minimum absolute atomic E-state index is 0.0192. The summed E-state index contributed by atoms with van der Waals surface area (Å²) < 4.78 is 15.2. The molecule has 0 aliphatic rings. The lowest BCUT2D eigenvalue weighted by Gasteiger charge is -2.26. The Morgan fingerprint density at radius 1 is 1.21 bits per heavy atom. The second kappa shape index (κ2) is 11.8. The van der Waals surface area contributed by atoms with Gasteiger partial charge in [-0.1, -0.05) is 19.8 Å². The van der Waals surface area contributed by atoms with Gasteiger partial charge in [-0.25, -0.2) is 4.79 Å². The molecule has 0 spiro atoms. The number of hydrogen-bond acceptors (Lipinski definition) is 7. The van der Waals surface area contributed by atoms with Crippen LogP contribution in [0.3, 0.4) is 0 Å². The molecule has 0 fully saturated rings. The first-order valence-electron chi connectivity index (χ1n) is 9.20. The standard InChI is InChI=1S/C19H28N2O7/c1-5-6-7-10-20(14(2)3)18(22)12-28-19(23)13-27-15-8-9-16(21(24)25)17(11-15)26-4/h8-9,11,14H,5-7,10,12-13H2,1-4H3. The summed E-state index contributed by atoms with van der Waals surface area (Å²) in [5.41, 5.74) is -0.208. The molecule has 0 saturated carbocycles. The van der Waals surface area contributed by atoms with Crippen LogP contribution in [0.25, 0.3) is 0 Å². The molecule has 1 aromatic carbocycles. The number of rotatable bonds is 12. The Morgan fingerprint density at radius 3 is 2.50 bits per heavy atom. The summed E-state index contributed by atoms with van der Waals surface area (Å²) in [6, 6.07) is 3.91. The fraction of sp³-hybridized carbons (Fsp3) is 0.579. The number of ether oxygens (including phenoxy) is 3. The summed E-state index contributed by atoms with van der Waals surface area (Å²) in [4.78, 5) is 36.1. The van der Waals surface area contributed by atoms with E-state index in [9.17, 15) is 19.7 Å². The molecule has 0 N–H and O–H groups in total. The number of esters is 1. The highest BCUT2D eigenvalue weighted by molar-refractivity contribution is 5.81. The first kappa shape index (κ1) is 23.2. The van der Waals surface area contributed by atoms with Crippen molar-refractivity contribution >= 4 is 17.6 Å². The second-order valence-corrected chi connectivity index (χ2v) is 6.43. The SMILES string of the molecule is CCCCCN(C(=O)COC(=O)COc1ccc([N+](=O)[O-])c(OC)c1)C(C)C. The zero-order valence-corrected chi connectivity index (χ0v) is 16.8. The predicted molar refractivity (Wildman–Crippen MR) is 102 cm³/mol. The highest BCUT2D eigenvalue weighted by atomic mass is 16.6. The first-order valence-corrected chi connectivity index (χ1v) is 9.20. The largest absolute Gasteiger partial charge is 0.490 e. The van der Waals surface area contributed by atoms with Gasteiger partial charge in [0.25, 0.3) is 5.91 Å². The zero-order chi connectivity index (χ0) is 21.1. The molecule has 1 rings (SSSR count). The van der Waals surface area contributed by atoms with Gasteiger partial charge in [0.2, 0.25) is 5.75 Å². The van der Waals surface area contributed by atoms with E-state index in [0.29, 0.717) is 6.54 Å². The molecule has 0 aliphatic carbocycles. The summed E-state index contributed by atoms with van der Waals surface area (Å²) >= 11 is 0. The number of nitrogens with zero attached hydrogens (tertiary/aromatic N) is 2. The number of amides is 1. The number of benzene rings is 1. The van der Waals surface area contributed by atoms with E-state index in [2.05, 4.69) is 6.92 Å². The molecule has 9 heteroatoms. The highest BCUT2D eigenvalue weighted by Gasteiger charge is 2.19. The van der Waals surface area contributed by atoms with Crippen molar-refractivity contribution in [1.29, 1.82) is 0 Å². The second-order valence-electron chi connectivity index (χ2n) is 6.43. The number of hydrogen-bond donors (Lipinski definition) is 0. The average molecular weight is 396 g/mol. The maximum atomic E-state index is 12.3. The molecule has 0 aliphatic heterocycles. The summed E-state index contributed by atoms with van der Waals surface area (Å²) in [6.07, 6.45) is 2.99. The van der Waals surface area contributed by atoms with Crippen LogP contribution in [0.4, 0.5) is 5.69 Å². The van der Waals surface area contributed by atoms with Crippen LogP contribution in [0.2, 0.25) is 0 Å². The van der Waals surface area contributed by atoms with Crippen LogP contribution in [-0.4, -0.2) is 54.6 Å². The Balaban J connectivity index is 2.51. The average Bonchev–Trinajstić information content (AvgIpc) is 2.67. The lowest BCUT2D eigenvalue weighted by molar-refractivity contribution is -0.385. The number of carbonyl (C=O) groups is 2. The van der Waals surface area contributed by atoms with Crippen molar-refractivity contribution in [2.45, 2.75) is 46.1 Å². The number of nitro benzene ring substituents is 1. The van der Waals surface area contributed by atoms with Crippen molar-refractivity contribution in [1.82, 2.24) is 4.90 Å². The number of carbonyl (C=O) groups excluding carboxylic acids is 2. The number of nitro groups is 1. The third-order valence-electron chi connectivity index (χ3n) is 4.01. The quantitative estimate of drug-likeness (QED) is 0.231. The topological polar surface area (TPSA) is 108 Å². The van der Waals surface area contributed by atoms with E-state index in [1.54, 1.807) is 4.90 Å². The molecule has 0 bridgehead atoms. The highest BCUT2D eigenvalue weighted by Crippen LogP contribution is 2.30. The molecule has 156 valence electrons.